The van der Waals surface area contributed by atoms with Crippen LogP contribution >= 0.6 is 0 Å². The van der Waals surface area contributed by atoms with E-state index in [2.05, 4.69) is 36.5 Å². The second kappa shape index (κ2) is 6.06. The summed E-state index contributed by atoms with van der Waals surface area (Å²) in [4.78, 5) is 0. The molecule has 0 spiro atoms. The van der Waals surface area contributed by atoms with E-state index in [0.717, 1.165) is 31.9 Å². The quantitative estimate of drug-likeness (QED) is 0.869. The lowest BCUT2D eigenvalue weighted by atomic mass is 9.96. The molecule has 0 amide bonds. The molecule has 1 heterocycles. The van der Waals surface area contributed by atoms with Crippen LogP contribution in [0.15, 0.2) is 24.3 Å². The van der Waals surface area contributed by atoms with Crippen molar-refractivity contribution in [2.45, 2.75) is 57.1 Å². The number of hydrogen-bond acceptors (Lipinski definition) is 2. The second-order valence-electron chi connectivity index (χ2n) is 5.98. The van der Waals surface area contributed by atoms with Crippen LogP contribution in [0.4, 0.5) is 0 Å². The maximum atomic E-state index is 5.95. The van der Waals surface area contributed by atoms with Crippen LogP contribution in [0, 0.1) is 0 Å². The fraction of sp³-hybridized carbons (Fsp3) is 0.647. The fourth-order valence-corrected chi connectivity index (χ4v) is 2.96. The van der Waals surface area contributed by atoms with E-state index in [1.807, 2.05) is 0 Å². The SMILES string of the molecule is CCCNC1CCOC(c2ccc(C3CC3)cc2)C1. The van der Waals surface area contributed by atoms with E-state index in [4.69, 9.17) is 4.74 Å². The molecule has 2 aliphatic rings. The van der Waals surface area contributed by atoms with Crippen LogP contribution in [-0.4, -0.2) is 19.2 Å². The van der Waals surface area contributed by atoms with Gasteiger partial charge in [0.2, 0.25) is 0 Å². The molecule has 1 aromatic rings. The monoisotopic (exact) mass is 259 g/mol. The van der Waals surface area contributed by atoms with Gasteiger partial charge in [0, 0.05) is 12.6 Å². The highest BCUT2D eigenvalue weighted by Crippen LogP contribution is 2.40. The third-order valence-electron chi connectivity index (χ3n) is 4.32. The van der Waals surface area contributed by atoms with Crippen LogP contribution in [0.5, 0.6) is 0 Å². The Labute approximate surface area is 116 Å². The molecule has 2 fully saturated rings. The predicted octanol–water partition coefficient (Wildman–Crippen LogP) is 3.78. The van der Waals surface area contributed by atoms with Crippen molar-refractivity contribution in [2.24, 2.45) is 0 Å². The average Bonchev–Trinajstić information content (AvgIpc) is 3.30. The third kappa shape index (κ3) is 3.37. The van der Waals surface area contributed by atoms with Gasteiger partial charge >= 0.3 is 0 Å². The predicted molar refractivity (Wildman–Crippen MR) is 78.4 cm³/mol. The molecule has 19 heavy (non-hydrogen) atoms. The molecular weight excluding hydrogens is 234 g/mol. The molecule has 1 N–H and O–H groups in total. The zero-order chi connectivity index (χ0) is 13.1. The molecule has 2 unspecified atom stereocenters. The number of ether oxygens (including phenoxy) is 1. The van der Waals surface area contributed by atoms with Crippen molar-refractivity contribution in [3.8, 4) is 0 Å². The normalized spacial score (nSPS) is 27.4. The van der Waals surface area contributed by atoms with E-state index in [9.17, 15) is 0 Å². The Morgan fingerprint density at radius 3 is 2.53 bits per heavy atom. The van der Waals surface area contributed by atoms with Crippen molar-refractivity contribution in [1.82, 2.24) is 5.32 Å². The topological polar surface area (TPSA) is 21.3 Å². The van der Waals surface area contributed by atoms with E-state index in [-0.39, 0.29) is 6.10 Å². The smallest absolute Gasteiger partial charge is 0.0839 e. The van der Waals surface area contributed by atoms with Gasteiger partial charge in [-0.1, -0.05) is 31.2 Å². The lowest BCUT2D eigenvalue weighted by Gasteiger charge is -2.30. The first-order chi connectivity index (χ1) is 9.36. The molecule has 0 aromatic heterocycles. The van der Waals surface area contributed by atoms with Gasteiger partial charge in [0.15, 0.2) is 0 Å². The molecule has 0 radical (unpaired) electrons. The Morgan fingerprint density at radius 1 is 1.11 bits per heavy atom. The standard InChI is InChI=1S/C17H25NO/c1-2-10-18-16-9-11-19-17(12-16)15-7-5-14(6-8-15)13-3-4-13/h5-8,13,16-18H,2-4,9-12H2,1H3. The molecule has 0 bridgehead atoms. The Kier molecular flexibility index (Phi) is 4.19. The fourth-order valence-electron chi connectivity index (χ4n) is 2.96. The lowest BCUT2D eigenvalue weighted by Crippen LogP contribution is -2.36. The molecule has 1 saturated carbocycles. The zero-order valence-corrected chi connectivity index (χ0v) is 11.9. The first-order valence-corrected chi connectivity index (χ1v) is 7.81. The maximum Gasteiger partial charge on any atom is 0.0839 e. The van der Waals surface area contributed by atoms with Gasteiger partial charge < -0.3 is 10.1 Å². The van der Waals surface area contributed by atoms with Crippen LogP contribution in [0.25, 0.3) is 0 Å². The summed E-state index contributed by atoms with van der Waals surface area (Å²) in [5, 5.41) is 3.63. The van der Waals surface area contributed by atoms with Gasteiger partial charge in [-0.15, -0.1) is 0 Å². The summed E-state index contributed by atoms with van der Waals surface area (Å²) in [6.07, 6.45) is 6.51. The highest BCUT2D eigenvalue weighted by molar-refractivity contribution is 5.29. The van der Waals surface area contributed by atoms with Crippen molar-refractivity contribution < 1.29 is 4.74 Å². The summed E-state index contributed by atoms with van der Waals surface area (Å²) in [6, 6.07) is 9.79. The molecular formula is C17H25NO. The van der Waals surface area contributed by atoms with Crippen molar-refractivity contribution in [2.75, 3.05) is 13.2 Å². The molecule has 104 valence electrons. The Morgan fingerprint density at radius 2 is 1.84 bits per heavy atom. The summed E-state index contributed by atoms with van der Waals surface area (Å²) in [6.45, 7) is 4.23. The number of nitrogens with one attached hydrogen (secondary N) is 1. The van der Waals surface area contributed by atoms with Gasteiger partial charge in [0.1, 0.15) is 0 Å². The van der Waals surface area contributed by atoms with Crippen molar-refractivity contribution >= 4 is 0 Å². The Balaban J connectivity index is 1.60. The van der Waals surface area contributed by atoms with E-state index in [1.165, 1.54) is 30.4 Å². The lowest BCUT2D eigenvalue weighted by molar-refractivity contribution is 0.000349. The number of hydrogen-bond donors (Lipinski definition) is 1. The Hall–Kier alpha value is -0.860. The first kappa shape index (κ1) is 13.1. The molecule has 1 aromatic carbocycles. The maximum absolute atomic E-state index is 5.95. The zero-order valence-electron chi connectivity index (χ0n) is 11.9. The Bertz CT molecular complexity index is 396. The minimum atomic E-state index is 0.288. The second-order valence-corrected chi connectivity index (χ2v) is 5.98. The van der Waals surface area contributed by atoms with Gasteiger partial charge in [-0.25, -0.2) is 0 Å². The highest BCUT2D eigenvalue weighted by Gasteiger charge is 2.25. The molecule has 2 nitrogen and oxygen atoms in total. The van der Waals surface area contributed by atoms with E-state index >= 15 is 0 Å². The summed E-state index contributed by atoms with van der Waals surface area (Å²) < 4.78 is 5.95. The van der Waals surface area contributed by atoms with Crippen LogP contribution in [0.1, 0.15) is 62.2 Å². The largest absolute Gasteiger partial charge is 0.373 e. The molecule has 3 rings (SSSR count). The van der Waals surface area contributed by atoms with Crippen molar-refractivity contribution in [1.29, 1.82) is 0 Å². The van der Waals surface area contributed by atoms with Gasteiger partial charge in [0.25, 0.3) is 0 Å². The van der Waals surface area contributed by atoms with Crippen LogP contribution in [0.2, 0.25) is 0 Å². The van der Waals surface area contributed by atoms with Gasteiger partial charge in [-0.3, -0.25) is 0 Å². The molecule has 1 saturated heterocycles. The van der Waals surface area contributed by atoms with E-state index in [0.29, 0.717) is 6.04 Å². The number of rotatable bonds is 5. The molecule has 1 aliphatic carbocycles. The van der Waals surface area contributed by atoms with Crippen molar-refractivity contribution in [3.63, 3.8) is 0 Å². The highest BCUT2D eigenvalue weighted by atomic mass is 16.5. The molecule has 1 aliphatic heterocycles. The van der Waals surface area contributed by atoms with E-state index in [1.54, 1.807) is 0 Å². The average molecular weight is 259 g/mol. The van der Waals surface area contributed by atoms with Gasteiger partial charge in [0.05, 0.1) is 6.10 Å². The van der Waals surface area contributed by atoms with Gasteiger partial charge in [-0.05, 0) is 55.7 Å². The summed E-state index contributed by atoms with van der Waals surface area (Å²) in [7, 11) is 0. The summed E-state index contributed by atoms with van der Waals surface area (Å²) in [5.41, 5.74) is 2.87. The van der Waals surface area contributed by atoms with E-state index < -0.39 is 0 Å². The van der Waals surface area contributed by atoms with Crippen LogP contribution in [0.3, 0.4) is 0 Å². The van der Waals surface area contributed by atoms with Crippen LogP contribution < -0.4 is 5.32 Å². The minimum Gasteiger partial charge on any atom is -0.373 e. The van der Waals surface area contributed by atoms with Gasteiger partial charge in [-0.2, -0.15) is 0 Å². The van der Waals surface area contributed by atoms with Crippen molar-refractivity contribution in [3.05, 3.63) is 35.4 Å². The summed E-state index contributed by atoms with van der Waals surface area (Å²) in [5.74, 6) is 0.847. The number of benzene rings is 1. The molecule has 2 atom stereocenters. The van der Waals surface area contributed by atoms with Crippen LogP contribution in [-0.2, 0) is 4.74 Å². The molecule has 2 heteroatoms. The third-order valence-corrected chi connectivity index (χ3v) is 4.32. The summed E-state index contributed by atoms with van der Waals surface area (Å²) >= 11 is 0. The minimum absolute atomic E-state index is 0.288. The first-order valence-electron chi connectivity index (χ1n) is 7.81.